The summed E-state index contributed by atoms with van der Waals surface area (Å²) >= 11 is 0. The molecular formula is C20H17BO4. The van der Waals surface area contributed by atoms with E-state index in [1.54, 1.807) is 24.3 Å². The number of para-hydroxylation sites is 2. The van der Waals surface area contributed by atoms with Gasteiger partial charge in [-0.25, -0.2) is 4.79 Å². The number of rotatable bonds is 6. The maximum Gasteiger partial charge on any atom is 0.632 e. The van der Waals surface area contributed by atoms with Crippen molar-refractivity contribution in [3.8, 4) is 11.5 Å². The Labute approximate surface area is 147 Å². The van der Waals surface area contributed by atoms with Gasteiger partial charge in [0.05, 0.1) is 12.7 Å². The Morgan fingerprint density at radius 2 is 1.20 bits per heavy atom. The first-order chi connectivity index (χ1) is 12.3. The molecule has 0 aliphatic rings. The first-order valence-electron chi connectivity index (χ1n) is 7.88. The first kappa shape index (κ1) is 16.6. The van der Waals surface area contributed by atoms with Crippen LogP contribution in [0.3, 0.4) is 0 Å². The summed E-state index contributed by atoms with van der Waals surface area (Å²) in [7, 11) is 0.715. The third-order valence-electron chi connectivity index (χ3n) is 3.58. The summed E-state index contributed by atoms with van der Waals surface area (Å²) in [6.45, 7) is 0. The van der Waals surface area contributed by atoms with Crippen molar-refractivity contribution >= 4 is 18.6 Å². The highest BCUT2D eigenvalue weighted by molar-refractivity contribution is 6.62. The maximum absolute atomic E-state index is 11.6. The summed E-state index contributed by atoms with van der Waals surface area (Å²) in [5.41, 5.74) is 1.27. The smallest absolute Gasteiger partial charge is 0.522 e. The van der Waals surface area contributed by atoms with Gasteiger partial charge in [-0.2, -0.15) is 0 Å². The van der Waals surface area contributed by atoms with Crippen LogP contribution < -0.4 is 14.8 Å². The van der Waals surface area contributed by atoms with Gasteiger partial charge in [0, 0.05) is 5.46 Å². The van der Waals surface area contributed by atoms with E-state index in [9.17, 15) is 4.79 Å². The molecule has 0 radical (unpaired) electrons. The quantitative estimate of drug-likeness (QED) is 0.513. The molecule has 25 heavy (non-hydrogen) atoms. The van der Waals surface area contributed by atoms with Crippen LogP contribution in [0.15, 0.2) is 84.9 Å². The van der Waals surface area contributed by atoms with Crippen molar-refractivity contribution in [1.29, 1.82) is 0 Å². The van der Waals surface area contributed by atoms with Gasteiger partial charge in [0.25, 0.3) is 0 Å². The Hall–Kier alpha value is -3.21. The van der Waals surface area contributed by atoms with Crippen molar-refractivity contribution in [2.24, 2.45) is 0 Å². The Morgan fingerprint density at radius 3 is 1.64 bits per heavy atom. The van der Waals surface area contributed by atoms with E-state index < -0.39 is 7.12 Å². The molecule has 0 fully saturated rings. The van der Waals surface area contributed by atoms with Crippen LogP contribution >= 0.6 is 0 Å². The van der Waals surface area contributed by atoms with Crippen LogP contribution in [0.4, 0.5) is 0 Å². The normalized spacial score (nSPS) is 9.96. The van der Waals surface area contributed by atoms with Gasteiger partial charge in [-0.15, -0.1) is 0 Å². The van der Waals surface area contributed by atoms with Gasteiger partial charge in [-0.05, 0) is 36.4 Å². The Balaban J connectivity index is 1.86. The summed E-state index contributed by atoms with van der Waals surface area (Å²) in [6.07, 6.45) is 0. The standard InChI is InChI=1S/C20H17BO4/c1-23-20(22)16-12-14-17(15-13-16)21(24-18-8-4-2-5-9-18)25-19-10-6-3-7-11-19/h2-15H,1H3. The Morgan fingerprint density at radius 1 is 0.720 bits per heavy atom. The number of carbonyl (C=O) groups excluding carboxylic acids is 1. The minimum absolute atomic E-state index is 0.379. The molecule has 124 valence electrons. The van der Waals surface area contributed by atoms with E-state index in [1.807, 2.05) is 60.7 Å². The van der Waals surface area contributed by atoms with Crippen molar-refractivity contribution in [3.05, 3.63) is 90.5 Å². The number of ether oxygens (including phenoxy) is 1. The van der Waals surface area contributed by atoms with Crippen LogP contribution in [0.25, 0.3) is 0 Å². The Kier molecular flexibility index (Phi) is 5.37. The van der Waals surface area contributed by atoms with Gasteiger partial charge < -0.3 is 14.0 Å². The Bertz CT molecular complexity index is 763. The van der Waals surface area contributed by atoms with Gasteiger partial charge in [-0.3, -0.25) is 0 Å². The number of carbonyl (C=O) groups is 1. The molecule has 0 aliphatic carbocycles. The van der Waals surface area contributed by atoms with Crippen molar-refractivity contribution in [3.63, 3.8) is 0 Å². The molecule has 4 nitrogen and oxygen atoms in total. The zero-order chi connectivity index (χ0) is 17.5. The molecule has 0 amide bonds. The van der Waals surface area contributed by atoms with Crippen LogP contribution in [0.1, 0.15) is 10.4 Å². The van der Waals surface area contributed by atoms with Crippen molar-refractivity contribution in [1.82, 2.24) is 0 Å². The highest BCUT2D eigenvalue weighted by Crippen LogP contribution is 2.14. The molecule has 0 unspecified atom stereocenters. The summed E-state index contributed by atoms with van der Waals surface area (Å²) < 4.78 is 16.7. The fourth-order valence-corrected chi connectivity index (χ4v) is 2.30. The third-order valence-corrected chi connectivity index (χ3v) is 3.58. The van der Waals surface area contributed by atoms with Crippen LogP contribution in [0, 0.1) is 0 Å². The molecule has 5 heteroatoms. The molecule has 0 atom stereocenters. The molecule has 0 aromatic heterocycles. The van der Waals surface area contributed by atoms with E-state index in [2.05, 4.69) is 0 Å². The summed E-state index contributed by atoms with van der Waals surface area (Å²) in [6, 6.07) is 25.9. The van der Waals surface area contributed by atoms with E-state index >= 15 is 0 Å². The largest absolute Gasteiger partial charge is 0.632 e. The number of methoxy groups -OCH3 is 1. The molecule has 0 heterocycles. The molecular weight excluding hydrogens is 315 g/mol. The molecule has 0 saturated carbocycles. The molecule has 0 saturated heterocycles. The first-order valence-corrected chi connectivity index (χ1v) is 7.88. The molecule has 0 aliphatic heterocycles. The average molecular weight is 332 g/mol. The zero-order valence-electron chi connectivity index (χ0n) is 13.8. The average Bonchev–Trinajstić information content (AvgIpc) is 2.68. The van der Waals surface area contributed by atoms with Crippen LogP contribution in [0.2, 0.25) is 0 Å². The molecule has 3 aromatic rings. The minimum Gasteiger partial charge on any atom is -0.522 e. The van der Waals surface area contributed by atoms with Crippen molar-refractivity contribution in [2.75, 3.05) is 7.11 Å². The lowest BCUT2D eigenvalue weighted by molar-refractivity contribution is 0.0600. The van der Waals surface area contributed by atoms with Gasteiger partial charge in [-0.1, -0.05) is 48.5 Å². The van der Waals surface area contributed by atoms with Gasteiger partial charge in [0.2, 0.25) is 0 Å². The van der Waals surface area contributed by atoms with E-state index in [0.717, 1.165) is 5.46 Å². The highest BCUT2D eigenvalue weighted by atomic mass is 16.6. The van der Waals surface area contributed by atoms with Crippen LogP contribution in [0.5, 0.6) is 11.5 Å². The third kappa shape index (κ3) is 4.41. The molecule has 0 spiro atoms. The molecule has 3 aromatic carbocycles. The molecule has 0 bridgehead atoms. The number of hydrogen-bond acceptors (Lipinski definition) is 4. The lowest BCUT2D eigenvalue weighted by Crippen LogP contribution is -2.42. The minimum atomic E-state index is -0.642. The summed E-state index contributed by atoms with van der Waals surface area (Å²) in [5.74, 6) is 1.01. The van der Waals surface area contributed by atoms with E-state index in [4.69, 9.17) is 14.0 Å². The summed E-state index contributed by atoms with van der Waals surface area (Å²) in [4.78, 5) is 11.6. The van der Waals surface area contributed by atoms with Crippen molar-refractivity contribution < 1.29 is 18.8 Å². The van der Waals surface area contributed by atoms with Crippen LogP contribution in [-0.4, -0.2) is 20.2 Å². The second-order valence-electron chi connectivity index (χ2n) is 5.31. The second-order valence-corrected chi connectivity index (χ2v) is 5.31. The fourth-order valence-electron chi connectivity index (χ4n) is 2.30. The summed E-state index contributed by atoms with van der Waals surface area (Å²) in [5, 5.41) is 0. The lowest BCUT2D eigenvalue weighted by atomic mass is 9.78. The van der Waals surface area contributed by atoms with E-state index in [-0.39, 0.29) is 5.97 Å². The number of esters is 1. The maximum atomic E-state index is 11.6. The van der Waals surface area contributed by atoms with Gasteiger partial charge in [0.15, 0.2) is 0 Å². The molecule has 0 N–H and O–H groups in total. The zero-order valence-corrected chi connectivity index (χ0v) is 13.8. The van der Waals surface area contributed by atoms with Gasteiger partial charge in [0.1, 0.15) is 11.5 Å². The fraction of sp³-hybridized carbons (Fsp3) is 0.0500. The van der Waals surface area contributed by atoms with E-state index in [0.29, 0.717) is 17.1 Å². The lowest BCUT2D eigenvalue weighted by Gasteiger charge is -2.17. The predicted molar refractivity (Wildman–Crippen MR) is 97.3 cm³/mol. The van der Waals surface area contributed by atoms with E-state index in [1.165, 1.54) is 7.11 Å². The van der Waals surface area contributed by atoms with Gasteiger partial charge >= 0.3 is 13.1 Å². The monoisotopic (exact) mass is 332 g/mol. The highest BCUT2D eigenvalue weighted by Gasteiger charge is 2.26. The number of benzene rings is 3. The second kappa shape index (κ2) is 8.06. The SMILES string of the molecule is COC(=O)c1ccc(B(Oc2ccccc2)Oc2ccccc2)cc1. The number of hydrogen-bond donors (Lipinski definition) is 0. The van der Waals surface area contributed by atoms with Crippen LogP contribution in [-0.2, 0) is 4.74 Å². The molecule has 3 rings (SSSR count). The topological polar surface area (TPSA) is 44.8 Å². The van der Waals surface area contributed by atoms with Crippen molar-refractivity contribution in [2.45, 2.75) is 0 Å². The predicted octanol–water partition coefficient (Wildman–Crippen LogP) is 3.33.